The van der Waals surface area contributed by atoms with E-state index in [0.717, 1.165) is 17.8 Å². The molecular formula is C19H18ClN5OS. The van der Waals surface area contributed by atoms with Crippen molar-refractivity contribution in [3.05, 3.63) is 71.0 Å². The molecule has 1 aromatic heterocycles. The van der Waals surface area contributed by atoms with E-state index in [0.29, 0.717) is 15.9 Å². The van der Waals surface area contributed by atoms with E-state index in [-0.39, 0.29) is 11.9 Å². The van der Waals surface area contributed by atoms with Gasteiger partial charge in [0.05, 0.1) is 16.8 Å². The molecule has 0 unspecified atom stereocenters. The monoisotopic (exact) mass is 399 g/mol. The summed E-state index contributed by atoms with van der Waals surface area (Å²) in [6.07, 6.45) is 0.749. The van der Waals surface area contributed by atoms with E-state index in [1.165, 1.54) is 11.8 Å². The number of fused-ring (bicyclic) bond motifs is 1. The minimum Gasteiger partial charge on any atom is -0.324 e. The molecule has 6 nitrogen and oxygen atoms in total. The number of aromatic nitrogens is 3. The van der Waals surface area contributed by atoms with Crippen molar-refractivity contribution in [2.45, 2.75) is 29.8 Å². The third-order valence-electron chi connectivity index (χ3n) is 4.37. The molecule has 2 aromatic carbocycles. The van der Waals surface area contributed by atoms with Crippen molar-refractivity contribution in [1.29, 1.82) is 0 Å². The Kier molecular flexibility index (Phi) is 5.05. The zero-order chi connectivity index (χ0) is 18.8. The van der Waals surface area contributed by atoms with Gasteiger partial charge in [0, 0.05) is 6.42 Å². The fourth-order valence-electron chi connectivity index (χ4n) is 3.00. The van der Waals surface area contributed by atoms with E-state index in [1.807, 2.05) is 54.1 Å². The summed E-state index contributed by atoms with van der Waals surface area (Å²) in [5.74, 6) is 0.699. The van der Waals surface area contributed by atoms with Gasteiger partial charge < -0.3 is 10.7 Å². The van der Waals surface area contributed by atoms with Crippen molar-refractivity contribution in [2.75, 3.05) is 10.7 Å². The Labute approximate surface area is 166 Å². The largest absolute Gasteiger partial charge is 0.324 e. The van der Waals surface area contributed by atoms with Crippen LogP contribution in [0.2, 0.25) is 5.02 Å². The van der Waals surface area contributed by atoms with Crippen molar-refractivity contribution in [3.8, 4) is 0 Å². The second-order valence-corrected chi connectivity index (χ2v) is 7.63. The van der Waals surface area contributed by atoms with Crippen molar-refractivity contribution in [2.24, 2.45) is 0 Å². The van der Waals surface area contributed by atoms with Gasteiger partial charge in [0.15, 0.2) is 5.82 Å². The van der Waals surface area contributed by atoms with Crippen LogP contribution in [-0.2, 0) is 11.2 Å². The number of nitrogens with one attached hydrogen (secondary N) is 2. The molecule has 0 saturated carbocycles. The Morgan fingerprint density at radius 2 is 1.93 bits per heavy atom. The van der Waals surface area contributed by atoms with Crippen LogP contribution in [0.5, 0.6) is 0 Å². The number of rotatable bonds is 4. The van der Waals surface area contributed by atoms with Crippen molar-refractivity contribution >= 4 is 35.0 Å². The molecule has 1 aliphatic rings. The van der Waals surface area contributed by atoms with Gasteiger partial charge in [-0.2, -0.15) is 0 Å². The minimum absolute atomic E-state index is 0.137. The van der Waals surface area contributed by atoms with Crippen LogP contribution in [0.25, 0.3) is 0 Å². The minimum atomic E-state index is -0.426. The Balaban J connectivity index is 1.68. The van der Waals surface area contributed by atoms with Crippen molar-refractivity contribution < 1.29 is 4.79 Å². The summed E-state index contributed by atoms with van der Waals surface area (Å²) in [4.78, 5) is 13.1. The maximum absolute atomic E-state index is 13.1. The average molecular weight is 400 g/mol. The molecular weight excluding hydrogens is 382 g/mol. The van der Waals surface area contributed by atoms with Crippen molar-refractivity contribution in [3.63, 3.8) is 0 Å². The molecule has 2 atom stereocenters. The normalized spacial score (nSPS) is 18.4. The summed E-state index contributed by atoms with van der Waals surface area (Å²) < 4.78 is 1.88. The fourth-order valence-corrected chi connectivity index (χ4v) is 4.29. The van der Waals surface area contributed by atoms with Crippen LogP contribution in [0.15, 0.2) is 59.8 Å². The fraction of sp³-hybridized carbons (Fsp3) is 0.211. The number of thioether (sulfide) groups is 1. The molecule has 0 spiro atoms. The Bertz CT molecular complexity index is 962. The summed E-state index contributed by atoms with van der Waals surface area (Å²) in [6, 6.07) is 16.9. The number of hydrogen-bond donors (Lipinski definition) is 2. The number of para-hydroxylation sites is 1. The van der Waals surface area contributed by atoms with E-state index < -0.39 is 5.25 Å². The number of carbonyl (C=O) groups is 1. The number of aryl methyl sites for hydroxylation is 1. The second kappa shape index (κ2) is 7.62. The lowest BCUT2D eigenvalue weighted by molar-refractivity contribution is -0.116. The maximum atomic E-state index is 13.1. The quantitative estimate of drug-likeness (QED) is 0.696. The zero-order valence-electron chi connectivity index (χ0n) is 14.6. The third-order valence-corrected chi connectivity index (χ3v) is 5.91. The number of carbonyl (C=O) groups excluding carboxylic acids is 1. The molecule has 4 rings (SSSR count). The van der Waals surface area contributed by atoms with Gasteiger partial charge in [-0.1, -0.05) is 72.8 Å². The van der Waals surface area contributed by atoms with Crippen LogP contribution < -0.4 is 10.7 Å². The molecule has 27 heavy (non-hydrogen) atoms. The number of amides is 1. The molecule has 8 heteroatoms. The van der Waals surface area contributed by atoms with Gasteiger partial charge in [-0.25, -0.2) is 4.68 Å². The van der Waals surface area contributed by atoms with Gasteiger partial charge >= 0.3 is 0 Å². The van der Waals surface area contributed by atoms with Crippen LogP contribution in [0, 0.1) is 0 Å². The first-order chi connectivity index (χ1) is 13.2. The van der Waals surface area contributed by atoms with Crippen LogP contribution >= 0.6 is 23.4 Å². The molecule has 2 heterocycles. The maximum Gasteiger partial charge on any atom is 0.240 e. The number of hydrogen-bond acceptors (Lipinski definition) is 5. The molecule has 0 radical (unpaired) electrons. The molecule has 138 valence electrons. The van der Waals surface area contributed by atoms with Gasteiger partial charge in [-0.3, -0.25) is 4.79 Å². The van der Waals surface area contributed by atoms with Crippen LogP contribution in [-0.4, -0.2) is 26.0 Å². The summed E-state index contributed by atoms with van der Waals surface area (Å²) >= 11 is 7.60. The molecule has 0 bridgehead atoms. The molecule has 0 saturated heterocycles. The highest BCUT2D eigenvalue weighted by molar-refractivity contribution is 8.00. The molecule has 3 aromatic rings. The molecule has 1 aliphatic heterocycles. The van der Waals surface area contributed by atoms with E-state index in [2.05, 4.69) is 20.9 Å². The first kappa shape index (κ1) is 17.9. The number of benzene rings is 2. The van der Waals surface area contributed by atoms with E-state index in [4.69, 9.17) is 11.6 Å². The van der Waals surface area contributed by atoms with Gasteiger partial charge in [-0.15, -0.1) is 10.2 Å². The van der Waals surface area contributed by atoms with Gasteiger partial charge in [0.2, 0.25) is 11.1 Å². The number of halogens is 1. The van der Waals surface area contributed by atoms with E-state index >= 15 is 0 Å². The average Bonchev–Trinajstić information content (AvgIpc) is 3.11. The summed E-state index contributed by atoms with van der Waals surface area (Å²) in [6.45, 7) is 2.03. The topological polar surface area (TPSA) is 71.8 Å². The van der Waals surface area contributed by atoms with Crippen molar-refractivity contribution in [1.82, 2.24) is 14.9 Å². The van der Waals surface area contributed by atoms with Crippen LogP contribution in [0.1, 0.15) is 24.4 Å². The van der Waals surface area contributed by atoms with Crippen LogP contribution in [0.4, 0.5) is 5.69 Å². The standard InChI is InChI=1S/C19H18ClN5OS/c1-2-15-22-23-19-25(15)24-16(12-8-4-3-5-9-12)17(27-19)18(26)21-14-11-7-6-10-13(14)20/h3-11,16-17,24H,2H2,1H3,(H,21,26)/t16-,17+/m0/s1. The highest BCUT2D eigenvalue weighted by Gasteiger charge is 2.37. The third kappa shape index (κ3) is 3.52. The smallest absolute Gasteiger partial charge is 0.240 e. The summed E-state index contributed by atoms with van der Waals surface area (Å²) in [7, 11) is 0. The number of anilines is 1. The predicted molar refractivity (Wildman–Crippen MR) is 108 cm³/mol. The first-order valence-corrected chi connectivity index (χ1v) is 9.91. The first-order valence-electron chi connectivity index (χ1n) is 8.65. The van der Waals surface area contributed by atoms with E-state index in [1.54, 1.807) is 12.1 Å². The summed E-state index contributed by atoms with van der Waals surface area (Å²) in [5, 5.41) is 12.1. The molecule has 0 aliphatic carbocycles. The van der Waals surface area contributed by atoms with Gasteiger partial charge in [-0.05, 0) is 17.7 Å². The number of nitrogens with zero attached hydrogens (tertiary/aromatic N) is 3. The lowest BCUT2D eigenvalue weighted by Crippen LogP contribution is -2.41. The molecule has 2 N–H and O–H groups in total. The van der Waals surface area contributed by atoms with Gasteiger partial charge in [0.25, 0.3) is 0 Å². The Hall–Kier alpha value is -2.51. The SMILES string of the molecule is CCc1nnc2n1N[C@@H](c1ccccc1)[C@H](C(=O)Nc1ccccc1Cl)S2. The Morgan fingerprint density at radius 1 is 1.19 bits per heavy atom. The molecule has 1 amide bonds. The molecule has 0 fully saturated rings. The second-order valence-electron chi connectivity index (χ2n) is 6.11. The highest BCUT2D eigenvalue weighted by Crippen LogP contribution is 2.37. The lowest BCUT2D eigenvalue weighted by atomic mass is 10.0. The van der Waals surface area contributed by atoms with Crippen LogP contribution in [0.3, 0.4) is 0 Å². The zero-order valence-corrected chi connectivity index (χ0v) is 16.2. The lowest BCUT2D eigenvalue weighted by Gasteiger charge is -2.33. The summed E-state index contributed by atoms with van der Waals surface area (Å²) in [5.41, 5.74) is 5.04. The van der Waals surface area contributed by atoms with E-state index in [9.17, 15) is 4.79 Å². The Morgan fingerprint density at radius 3 is 2.67 bits per heavy atom. The highest BCUT2D eigenvalue weighted by atomic mass is 35.5. The van der Waals surface area contributed by atoms with Gasteiger partial charge in [0.1, 0.15) is 5.25 Å². The predicted octanol–water partition coefficient (Wildman–Crippen LogP) is 3.89.